The molecule has 19 heavy (non-hydrogen) atoms. The SMILES string of the molecule is CCCC(=O)NCc1ccc(N2CCOCC2)nc1. The van der Waals surface area contributed by atoms with Crippen LogP contribution in [-0.2, 0) is 16.1 Å². The van der Waals surface area contributed by atoms with E-state index >= 15 is 0 Å². The minimum atomic E-state index is 0.0970. The standard InChI is InChI=1S/C14H21N3O2/c1-2-3-14(18)16-11-12-4-5-13(15-10-12)17-6-8-19-9-7-17/h4-5,10H,2-3,6-9,11H2,1H3,(H,16,18). The predicted octanol–water partition coefficient (Wildman–Crippen LogP) is 1.33. The number of morpholine rings is 1. The molecule has 1 saturated heterocycles. The number of nitrogens with one attached hydrogen (secondary N) is 1. The highest BCUT2D eigenvalue weighted by molar-refractivity contribution is 5.75. The number of rotatable bonds is 5. The molecule has 1 aromatic rings. The van der Waals surface area contributed by atoms with E-state index in [1.165, 1.54) is 0 Å². The third-order valence-corrected chi connectivity index (χ3v) is 3.11. The number of hydrogen-bond donors (Lipinski definition) is 1. The summed E-state index contributed by atoms with van der Waals surface area (Å²) in [6.45, 7) is 5.85. The Bertz CT molecular complexity index is 400. The monoisotopic (exact) mass is 263 g/mol. The van der Waals surface area contributed by atoms with Crippen LogP contribution in [0, 0.1) is 0 Å². The summed E-state index contributed by atoms with van der Waals surface area (Å²) < 4.78 is 5.32. The molecule has 0 aliphatic carbocycles. The smallest absolute Gasteiger partial charge is 0.220 e. The van der Waals surface area contributed by atoms with Gasteiger partial charge in [-0.25, -0.2) is 4.98 Å². The largest absolute Gasteiger partial charge is 0.378 e. The number of amides is 1. The molecule has 0 unspecified atom stereocenters. The van der Waals surface area contributed by atoms with Crippen molar-refractivity contribution in [3.63, 3.8) is 0 Å². The second-order valence-electron chi connectivity index (χ2n) is 4.65. The van der Waals surface area contributed by atoms with E-state index in [-0.39, 0.29) is 5.91 Å². The quantitative estimate of drug-likeness (QED) is 0.871. The summed E-state index contributed by atoms with van der Waals surface area (Å²) in [7, 11) is 0. The molecule has 1 aromatic heterocycles. The van der Waals surface area contributed by atoms with E-state index in [9.17, 15) is 4.79 Å². The Hall–Kier alpha value is -1.62. The molecule has 0 bridgehead atoms. The van der Waals surface area contributed by atoms with Crippen LogP contribution in [-0.4, -0.2) is 37.2 Å². The summed E-state index contributed by atoms with van der Waals surface area (Å²) >= 11 is 0. The molecule has 5 nitrogen and oxygen atoms in total. The highest BCUT2D eigenvalue weighted by atomic mass is 16.5. The van der Waals surface area contributed by atoms with Gasteiger partial charge in [0.1, 0.15) is 5.82 Å². The van der Waals surface area contributed by atoms with Crippen molar-refractivity contribution in [2.45, 2.75) is 26.3 Å². The van der Waals surface area contributed by atoms with Gasteiger partial charge in [-0.15, -0.1) is 0 Å². The molecule has 1 fully saturated rings. The lowest BCUT2D eigenvalue weighted by atomic mass is 10.2. The molecule has 0 atom stereocenters. The Kier molecular flexibility index (Phi) is 5.15. The number of pyridine rings is 1. The average Bonchev–Trinajstić information content (AvgIpc) is 2.47. The zero-order chi connectivity index (χ0) is 13.5. The first kappa shape index (κ1) is 13.8. The number of carbonyl (C=O) groups excluding carboxylic acids is 1. The highest BCUT2D eigenvalue weighted by Gasteiger charge is 2.11. The van der Waals surface area contributed by atoms with Gasteiger partial charge in [-0.3, -0.25) is 4.79 Å². The van der Waals surface area contributed by atoms with Crippen molar-refractivity contribution in [1.82, 2.24) is 10.3 Å². The summed E-state index contributed by atoms with van der Waals surface area (Å²) in [5.41, 5.74) is 1.03. The fourth-order valence-electron chi connectivity index (χ4n) is 2.02. The van der Waals surface area contributed by atoms with Crippen LogP contribution in [0.3, 0.4) is 0 Å². The number of carbonyl (C=O) groups is 1. The zero-order valence-electron chi connectivity index (χ0n) is 11.4. The summed E-state index contributed by atoms with van der Waals surface area (Å²) in [5.74, 6) is 1.08. The van der Waals surface area contributed by atoms with Crippen LogP contribution in [0.4, 0.5) is 5.82 Å². The summed E-state index contributed by atoms with van der Waals surface area (Å²) in [4.78, 5) is 18.0. The van der Waals surface area contributed by atoms with Gasteiger partial charge in [0.15, 0.2) is 0 Å². The first-order valence-corrected chi connectivity index (χ1v) is 6.84. The van der Waals surface area contributed by atoms with Gasteiger partial charge in [0.25, 0.3) is 0 Å². The molecular weight excluding hydrogens is 242 g/mol. The number of aromatic nitrogens is 1. The molecule has 0 aromatic carbocycles. The van der Waals surface area contributed by atoms with Crippen molar-refractivity contribution in [1.29, 1.82) is 0 Å². The van der Waals surface area contributed by atoms with Crippen LogP contribution in [0.25, 0.3) is 0 Å². The Morgan fingerprint density at radius 1 is 1.42 bits per heavy atom. The molecule has 2 heterocycles. The lowest BCUT2D eigenvalue weighted by Crippen LogP contribution is -2.36. The third kappa shape index (κ3) is 4.21. The maximum atomic E-state index is 11.4. The first-order chi connectivity index (χ1) is 9.29. The van der Waals surface area contributed by atoms with Gasteiger partial charge in [-0.05, 0) is 18.1 Å². The number of nitrogens with zero attached hydrogens (tertiary/aromatic N) is 2. The second-order valence-corrected chi connectivity index (χ2v) is 4.65. The molecule has 5 heteroatoms. The van der Waals surface area contributed by atoms with Crippen LogP contribution >= 0.6 is 0 Å². The van der Waals surface area contributed by atoms with Crippen LogP contribution in [0.15, 0.2) is 18.3 Å². The fraction of sp³-hybridized carbons (Fsp3) is 0.571. The second kappa shape index (κ2) is 7.09. The maximum absolute atomic E-state index is 11.4. The minimum absolute atomic E-state index is 0.0970. The van der Waals surface area contributed by atoms with Crippen molar-refractivity contribution in [3.05, 3.63) is 23.9 Å². The lowest BCUT2D eigenvalue weighted by Gasteiger charge is -2.27. The van der Waals surface area contributed by atoms with E-state index < -0.39 is 0 Å². The fourth-order valence-corrected chi connectivity index (χ4v) is 2.02. The maximum Gasteiger partial charge on any atom is 0.220 e. The van der Waals surface area contributed by atoms with E-state index in [1.54, 1.807) is 0 Å². The van der Waals surface area contributed by atoms with Crippen LogP contribution < -0.4 is 10.2 Å². The summed E-state index contributed by atoms with van der Waals surface area (Å²) in [5, 5.41) is 2.89. The lowest BCUT2D eigenvalue weighted by molar-refractivity contribution is -0.121. The van der Waals surface area contributed by atoms with Gasteiger partial charge in [-0.1, -0.05) is 13.0 Å². The van der Waals surface area contributed by atoms with E-state index in [0.717, 1.165) is 44.1 Å². The molecule has 1 N–H and O–H groups in total. The summed E-state index contributed by atoms with van der Waals surface area (Å²) in [6, 6.07) is 4.02. The van der Waals surface area contributed by atoms with Crippen molar-refractivity contribution in [2.24, 2.45) is 0 Å². The van der Waals surface area contributed by atoms with E-state index in [0.29, 0.717) is 13.0 Å². The molecule has 0 spiro atoms. The van der Waals surface area contributed by atoms with Crippen LogP contribution in [0.5, 0.6) is 0 Å². The zero-order valence-corrected chi connectivity index (χ0v) is 11.4. The molecule has 1 aliphatic heterocycles. The first-order valence-electron chi connectivity index (χ1n) is 6.84. The molecule has 104 valence electrons. The van der Waals surface area contributed by atoms with Crippen LogP contribution in [0.1, 0.15) is 25.3 Å². The highest BCUT2D eigenvalue weighted by Crippen LogP contribution is 2.12. The third-order valence-electron chi connectivity index (χ3n) is 3.11. The normalized spacial score (nSPS) is 15.3. The topological polar surface area (TPSA) is 54.5 Å². The number of hydrogen-bond acceptors (Lipinski definition) is 4. The van der Waals surface area contributed by atoms with E-state index in [4.69, 9.17) is 4.74 Å². The van der Waals surface area contributed by atoms with Crippen LogP contribution in [0.2, 0.25) is 0 Å². The molecule has 1 amide bonds. The van der Waals surface area contributed by atoms with Crippen molar-refractivity contribution in [2.75, 3.05) is 31.2 Å². The minimum Gasteiger partial charge on any atom is -0.378 e. The Morgan fingerprint density at radius 3 is 2.84 bits per heavy atom. The van der Waals surface area contributed by atoms with Gasteiger partial charge in [0.05, 0.1) is 13.2 Å². The van der Waals surface area contributed by atoms with Gasteiger partial charge >= 0.3 is 0 Å². The number of anilines is 1. The Balaban J connectivity index is 1.85. The molecule has 0 radical (unpaired) electrons. The van der Waals surface area contributed by atoms with Crippen molar-refractivity contribution < 1.29 is 9.53 Å². The predicted molar refractivity (Wildman–Crippen MR) is 74.0 cm³/mol. The molecule has 2 rings (SSSR count). The molecule has 1 aliphatic rings. The number of ether oxygens (including phenoxy) is 1. The van der Waals surface area contributed by atoms with Gasteiger partial charge < -0.3 is 15.0 Å². The van der Waals surface area contributed by atoms with E-state index in [1.807, 2.05) is 25.3 Å². The van der Waals surface area contributed by atoms with Gasteiger partial charge in [-0.2, -0.15) is 0 Å². The van der Waals surface area contributed by atoms with Gasteiger partial charge in [0, 0.05) is 32.3 Å². The Labute approximate surface area is 114 Å². The average molecular weight is 263 g/mol. The molecule has 0 saturated carbocycles. The van der Waals surface area contributed by atoms with E-state index in [2.05, 4.69) is 15.2 Å². The van der Waals surface area contributed by atoms with Gasteiger partial charge in [0.2, 0.25) is 5.91 Å². The van der Waals surface area contributed by atoms with Crippen molar-refractivity contribution >= 4 is 11.7 Å². The Morgan fingerprint density at radius 2 is 2.21 bits per heavy atom. The summed E-state index contributed by atoms with van der Waals surface area (Å²) in [6.07, 6.45) is 3.29. The molecular formula is C14H21N3O2. The van der Waals surface area contributed by atoms with Crippen molar-refractivity contribution in [3.8, 4) is 0 Å².